The molecule has 9 heteroatoms. The molecule has 1 saturated carbocycles. The van der Waals surface area contributed by atoms with E-state index < -0.39 is 10.0 Å². The Morgan fingerprint density at radius 2 is 1.51 bits per heavy atom. The number of halogens is 1. The molecule has 1 atom stereocenters. The molecule has 0 radical (unpaired) electrons. The molecule has 2 aromatic carbocycles. The third kappa shape index (κ3) is 6.23. The van der Waals surface area contributed by atoms with Crippen LogP contribution in [-0.2, 0) is 14.8 Å². The number of carbonyl (C=O) groups is 1. The van der Waals surface area contributed by atoms with Gasteiger partial charge in [0.15, 0.2) is 0 Å². The third-order valence-corrected chi connectivity index (χ3v) is 8.00. The SMILES string of the molecule is C[C@@H](NC(=O)C1CCC(NS(=O)(=O)c2ccc(-c3cc[n+](O)cc3)cc2)CC1)c1ccc(F)cc1. The average molecular weight is 499 g/mol. The molecule has 184 valence electrons. The minimum absolute atomic E-state index is 0.0636. The summed E-state index contributed by atoms with van der Waals surface area (Å²) in [7, 11) is -3.69. The minimum Gasteiger partial charge on any atom is -0.349 e. The largest absolute Gasteiger partial charge is 0.349 e. The molecule has 3 N–H and O–H groups in total. The standard InChI is InChI=1S/C26H28FN3O4S/c1-18(19-2-8-23(27)9-3-19)28-26(31)22-4-10-24(11-5-22)29-35(33,34)25-12-6-20(7-13-25)21-14-16-30(32)17-15-21/h2-3,6-9,12-18,22,24,29H,4-5,10-11H2,1H3,(H-,28,31,32)/p+1/t18-,22?,24?/m1/s1. The molecule has 0 spiro atoms. The maximum absolute atomic E-state index is 13.1. The first kappa shape index (κ1) is 24.8. The Hall–Kier alpha value is -3.30. The predicted molar refractivity (Wildman–Crippen MR) is 128 cm³/mol. The van der Waals surface area contributed by atoms with Gasteiger partial charge in [0.2, 0.25) is 28.3 Å². The first-order valence-corrected chi connectivity index (χ1v) is 13.1. The summed E-state index contributed by atoms with van der Waals surface area (Å²) < 4.78 is 42.6. The summed E-state index contributed by atoms with van der Waals surface area (Å²) >= 11 is 0. The average Bonchev–Trinajstić information content (AvgIpc) is 2.85. The second-order valence-corrected chi connectivity index (χ2v) is 10.7. The molecule has 1 fully saturated rings. The molecule has 1 aliphatic carbocycles. The number of aromatic nitrogens is 1. The topological polar surface area (TPSA) is 99.4 Å². The third-order valence-electron chi connectivity index (χ3n) is 6.46. The van der Waals surface area contributed by atoms with Crippen LogP contribution in [0.1, 0.15) is 44.2 Å². The van der Waals surface area contributed by atoms with Crippen LogP contribution in [0.3, 0.4) is 0 Å². The van der Waals surface area contributed by atoms with Crippen molar-refractivity contribution in [1.29, 1.82) is 0 Å². The number of hydrogen-bond donors (Lipinski definition) is 3. The van der Waals surface area contributed by atoms with E-state index in [0.29, 0.717) is 25.7 Å². The zero-order valence-corrected chi connectivity index (χ0v) is 20.2. The predicted octanol–water partition coefficient (Wildman–Crippen LogP) is 3.73. The van der Waals surface area contributed by atoms with E-state index in [2.05, 4.69) is 10.0 Å². The second-order valence-electron chi connectivity index (χ2n) is 8.94. The molecule has 4 rings (SSSR count). The van der Waals surface area contributed by atoms with E-state index in [1.165, 1.54) is 24.5 Å². The molecular weight excluding hydrogens is 469 g/mol. The van der Waals surface area contributed by atoms with Gasteiger partial charge in [-0.2, -0.15) is 0 Å². The van der Waals surface area contributed by atoms with Crippen molar-refractivity contribution in [3.8, 4) is 11.1 Å². The fraction of sp³-hybridized carbons (Fsp3) is 0.308. The van der Waals surface area contributed by atoms with Gasteiger partial charge in [-0.15, -0.1) is 0 Å². The summed E-state index contributed by atoms with van der Waals surface area (Å²) in [6.45, 7) is 1.86. The summed E-state index contributed by atoms with van der Waals surface area (Å²) in [4.78, 5) is 12.9. The second kappa shape index (κ2) is 10.5. The fourth-order valence-corrected chi connectivity index (χ4v) is 5.67. The lowest BCUT2D eigenvalue weighted by atomic mass is 9.85. The van der Waals surface area contributed by atoms with Gasteiger partial charge in [-0.1, -0.05) is 24.3 Å². The van der Waals surface area contributed by atoms with E-state index in [1.807, 2.05) is 6.92 Å². The number of carbonyl (C=O) groups excluding carboxylic acids is 1. The van der Waals surface area contributed by atoms with E-state index in [-0.39, 0.29) is 34.6 Å². The summed E-state index contributed by atoms with van der Waals surface area (Å²) in [5.74, 6) is -0.562. The van der Waals surface area contributed by atoms with Crippen LogP contribution in [-0.4, -0.2) is 25.6 Å². The van der Waals surface area contributed by atoms with Crippen molar-refractivity contribution in [1.82, 2.24) is 10.0 Å². The Morgan fingerprint density at radius 3 is 2.11 bits per heavy atom. The van der Waals surface area contributed by atoms with Gasteiger partial charge in [0.05, 0.1) is 10.9 Å². The van der Waals surface area contributed by atoms with Gasteiger partial charge in [-0.25, -0.2) is 17.5 Å². The Morgan fingerprint density at radius 1 is 0.943 bits per heavy atom. The van der Waals surface area contributed by atoms with Crippen LogP contribution in [0, 0.1) is 11.7 Å². The van der Waals surface area contributed by atoms with Gasteiger partial charge in [0, 0.05) is 28.8 Å². The van der Waals surface area contributed by atoms with Crippen LogP contribution in [0.2, 0.25) is 0 Å². The van der Waals surface area contributed by atoms with Crippen LogP contribution < -0.4 is 14.8 Å². The number of amides is 1. The smallest absolute Gasteiger partial charge is 0.240 e. The monoisotopic (exact) mass is 498 g/mol. The number of rotatable bonds is 7. The molecule has 1 heterocycles. The van der Waals surface area contributed by atoms with Gasteiger partial charge < -0.3 is 5.32 Å². The zero-order chi connectivity index (χ0) is 25.0. The number of sulfonamides is 1. The lowest BCUT2D eigenvalue weighted by Gasteiger charge is -2.29. The number of nitrogens with one attached hydrogen (secondary N) is 2. The molecule has 7 nitrogen and oxygen atoms in total. The summed E-state index contributed by atoms with van der Waals surface area (Å²) in [6, 6.07) is 15.6. The van der Waals surface area contributed by atoms with Crippen LogP contribution in [0.25, 0.3) is 11.1 Å². The highest BCUT2D eigenvalue weighted by atomic mass is 32.2. The first-order valence-electron chi connectivity index (χ1n) is 11.6. The molecule has 0 unspecified atom stereocenters. The molecule has 1 aliphatic rings. The molecule has 35 heavy (non-hydrogen) atoms. The number of nitrogens with zero attached hydrogens (tertiary/aromatic N) is 1. The van der Waals surface area contributed by atoms with Crippen LogP contribution >= 0.6 is 0 Å². The van der Waals surface area contributed by atoms with Gasteiger partial charge in [-0.3, -0.25) is 10.0 Å². The Balaban J connectivity index is 1.30. The van der Waals surface area contributed by atoms with Crippen molar-refractivity contribution >= 4 is 15.9 Å². The highest BCUT2D eigenvalue weighted by Crippen LogP contribution is 2.27. The van der Waals surface area contributed by atoms with Crippen molar-refractivity contribution in [3.63, 3.8) is 0 Å². The summed E-state index contributed by atoms with van der Waals surface area (Å²) in [5.41, 5.74) is 2.53. The minimum atomic E-state index is -3.69. The Labute approximate surface area is 204 Å². The quantitative estimate of drug-likeness (QED) is 0.341. The maximum Gasteiger partial charge on any atom is 0.240 e. The number of hydrogen-bond acceptors (Lipinski definition) is 4. The normalized spacial score (nSPS) is 19.1. The summed E-state index contributed by atoms with van der Waals surface area (Å²) in [5, 5.41) is 12.3. The molecular formula is C26H29FN3O4S+. The van der Waals surface area contributed by atoms with Crippen molar-refractivity contribution < 1.29 is 27.5 Å². The maximum atomic E-state index is 13.1. The number of benzene rings is 2. The molecule has 1 amide bonds. The molecule has 3 aromatic rings. The fourth-order valence-electron chi connectivity index (χ4n) is 4.36. The first-order chi connectivity index (χ1) is 16.7. The van der Waals surface area contributed by atoms with Crippen molar-refractivity contribution in [2.45, 2.75) is 49.6 Å². The van der Waals surface area contributed by atoms with Gasteiger partial charge >= 0.3 is 0 Å². The lowest BCUT2D eigenvalue weighted by Crippen LogP contribution is -2.41. The highest BCUT2D eigenvalue weighted by Gasteiger charge is 2.29. The van der Waals surface area contributed by atoms with Crippen molar-refractivity contribution in [2.24, 2.45) is 5.92 Å². The van der Waals surface area contributed by atoms with Gasteiger partial charge in [0.25, 0.3) is 0 Å². The van der Waals surface area contributed by atoms with E-state index in [4.69, 9.17) is 0 Å². The lowest BCUT2D eigenvalue weighted by molar-refractivity contribution is -0.904. The van der Waals surface area contributed by atoms with Crippen LogP contribution in [0.5, 0.6) is 0 Å². The van der Waals surface area contributed by atoms with Gasteiger partial charge in [0.1, 0.15) is 5.82 Å². The molecule has 0 aliphatic heterocycles. The van der Waals surface area contributed by atoms with E-state index in [0.717, 1.165) is 21.4 Å². The van der Waals surface area contributed by atoms with Crippen LogP contribution in [0.4, 0.5) is 4.39 Å². The molecule has 0 saturated heterocycles. The highest BCUT2D eigenvalue weighted by molar-refractivity contribution is 7.89. The van der Waals surface area contributed by atoms with E-state index >= 15 is 0 Å². The molecule has 1 aromatic heterocycles. The van der Waals surface area contributed by atoms with Crippen molar-refractivity contribution in [2.75, 3.05) is 0 Å². The summed E-state index contributed by atoms with van der Waals surface area (Å²) in [6.07, 6.45) is 5.33. The zero-order valence-electron chi connectivity index (χ0n) is 19.4. The number of pyridine rings is 1. The Kier molecular flexibility index (Phi) is 7.47. The van der Waals surface area contributed by atoms with E-state index in [9.17, 15) is 22.8 Å². The molecule has 0 bridgehead atoms. The Bertz CT molecular complexity index is 1260. The van der Waals surface area contributed by atoms with Gasteiger partial charge in [-0.05, 0) is 73.6 Å². The van der Waals surface area contributed by atoms with E-state index in [1.54, 1.807) is 48.5 Å². The van der Waals surface area contributed by atoms with Crippen molar-refractivity contribution in [3.05, 3.63) is 84.4 Å². The van der Waals surface area contributed by atoms with Crippen LogP contribution in [0.15, 0.2) is 78.0 Å².